The summed E-state index contributed by atoms with van der Waals surface area (Å²) in [5, 5.41) is 0. The first kappa shape index (κ1) is 16.1. The lowest BCUT2D eigenvalue weighted by Crippen LogP contribution is -2.21. The van der Waals surface area contributed by atoms with Crippen molar-refractivity contribution in [2.45, 2.75) is 6.92 Å². The summed E-state index contributed by atoms with van der Waals surface area (Å²) in [6.07, 6.45) is 4.20. The van der Waals surface area contributed by atoms with E-state index < -0.39 is 20.8 Å². The Morgan fingerprint density at radius 3 is 1.76 bits per heavy atom. The first-order valence-corrected chi connectivity index (χ1v) is 6.97. The maximum absolute atomic E-state index is 11.1. The molecule has 0 N–H and O–H groups in total. The highest BCUT2D eigenvalue weighted by Gasteiger charge is 2.03. The van der Waals surface area contributed by atoms with Gasteiger partial charge in [-0.25, -0.2) is 16.8 Å². The average molecular weight is 292 g/mol. The Labute approximate surface area is 99.4 Å². The Bertz CT molecular complexity index is 432. The van der Waals surface area contributed by atoms with Crippen LogP contribution in [0.3, 0.4) is 0 Å². The molecule has 0 unspecified atom stereocenters. The number of halogens is 2. The van der Waals surface area contributed by atoms with Gasteiger partial charge in [0.1, 0.15) is 0 Å². The van der Waals surface area contributed by atoms with Gasteiger partial charge >= 0.3 is 0 Å². The summed E-state index contributed by atoms with van der Waals surface area (Å²) in [5.74, 6) is 0. The SMILES string of the molecule is CCN1C=CN(C)C1.O=S(=O)(F)[N-]S(=O)(=O)F. The normalized spacial score (nSPS) is 15.8. The number of rotatable bonds is 3. The average Bonchev–Trinajstić information content (AvgIpc) is 2.45. The van der Waals surface area contributed by atoms with E-state index in [0.29, 0.717) is 0 Å². The number of hydrogen-bond donors (Lipinski definition) is 0. The van der Waals surface area contributed by atoms with Crippen molar-refractivity contribution < 1.29 is 24.6 Å². The van der Waals surface area contributed by atoms with Crippen LogP contribution in [-0.4, -0.2) is 46.9 Å². The molecular formula is C6H12F2N3O4S2-. The Morgan fingerprint density at radius 2 is 1.65 bits per heavy atom. The van der Waals surface area contributed by atoms with Gasteiger partial charge in [0.25, 0.3) is 0 Å². The quantitative estimate of drug-likeness (QED) is 0.703. The van der Waals surface area contributed by atoms with Crippen LogP contribution in [0.5, 0.6) is 0 Å². The molecule has 0 aromatic rings. The van der Waals surface area contributed by atoms with E-state index in [9.17, 15) is 24.6 Å². The Hall–Kier alpha value is -0.940. The molecule has 0 aliphatic carbocycles. The Morgan fingerprint density at radius 1 is 1.18 bits per heavy atom. The summed E-state index contributed by atoms with van der Waals surface area (Å²) in [5.41, 5.74) is 0. The molecule has 0 bridgehead atoms. The van der Waals surface area contributed by atoms with Crippen molar-refractivity contribution in [1.29, 1.82) is 0 Å². The fraction of sp³-hybridized carbons (Fsp3) is 0.667. The van der Waals surface area contributed by atoms with E-state index in [4.69, 9.17) is 0 Å². The highest BCUT2D eigenvalue weighted by molar-refractivity contribution is 8.07. The second kappa shape index (κ2) is 6.12. The summed E-state index contributed by atoms with van der Waals surface area (Å²) >= 11 is 0. The smallest absolute Gasteiger partial charge is 0.241 e. The van der Waals surface area contributed by atoms with Crippen LogP contribution in [0.15, 0.2) is 12.4 Å². The predicted octanol–water partition coefficient (Wildman–Crippen LogP) is 0.471. The van der Waals surface area contributed by atoms with Gasteiger partial charge in [-0.2, -0.15) is 0 Å². The largest absolute Gasteiger partial charge is 0.379 e. The molecular weight excluding hydrogens is 280 g/mol. The highest BCUT2D eigenvalue weighted by Crippen LogP contribution is 2.11. The van der Waals surface area contributed by atoms with Crippen LogP contribution in [0.1, 0.15) is 6.92 Å². The van der Waals surface area contributed by atoms with Crippen molar-refractivity contribution in [2.75, 3.05) is 20.3 Å². The molecule has 0 spiro atoms. The lowest BCUT2D eigenvalue weighted by Gasteiger charge is -2.14. The lowest BCUT2D eigenvalue weighted by molar-refractivity contribution is 0.308. The molecule has 1 rings (SSSR count). The summed E-state index contributed by atoms with van der Waals surface area (Å²) < 4.78 is 60.1. The fourth-order valence-electron chi connectivity index (χ4n) is 0.901. The number of nitrogens with zero attached hydrogens (tertiary/aromatic N) is 3. The molecule has 0 radical (unpaired) electrons. The molecule has 102 valence electrons. The monoisotopic (exact) mass is 292 g/mol. The van der Waals surface area contributed by atoms with E-state index in [0.717, 1.165) is 17.3 Å². The van der Waals surface area contributed by atoms with Crippen LogP contribution in [0.25, 0.3) is 4.13 Å². The molecule has 0 fully saturated rings. The van der Waals surface area contributed by atoms with E-state index >= 15 is 0 Å². The van der Waals surface area contributed by atoms with Crippen molar-refractivity contribution in [3.05, 3.63) is 16.5 Å². The zero-order valence-corrected chi connectivity index (χ0v) is 10.7. The third-order valence-corrected chi connectivity index (χ3v) is 2.95. The van der Waals surface area contributed by atoms with Gasteiger partial charge in [-0.3, -0.25) is 0 Å². The minimum absolute atomic E-state index is 1.05. The third kappa shape index (κ3) is 9.96. The van der Waals surface area contributed by atoms with Gasteiger partial charge in [-0.15, -0.1) is 7.77 Å². The van der Waals surface area contributed by atoms with Crippen molar-refractivity contribution >= 4 is 20.8 Å². The molecule has 0 atom stereocenters. The van der Waals surface area contributed by atoms with Gasteiger partial charge < -0.3 is 13.9 Å². The topological polar surface area (TPSA) is 88.9 Å². The molecule has 1 aliphatic rings. The van der Waals surface area contributed by atoms with Crippen molar-refractivity contribution in [2.24, 2.45) is 0 Å². The molecule has 0 aromatic carbocycles. The second-order valence-electron chi connectivity index (χ2n) is 3.00. The minimum atomic E-state index is -5.62. The zero-order chi connectivity index (χ0) is 13.7. The van der Waals surface area contributed by atoms with Crippen LogP contribution < -0.4 is 0 Å². The van der Waals surface area contributed by atoms with Crippen molar-refractivity contribution in [3.63, 3.8) is 0 Å². The molecule has 1 aliphatic heterocycles. The molecule has 7 nitrogen and oxygen atoms in total. The summed E-state index contributed by atoms with van der Waals surface area (Å²) in [6.45, 7) is 4.32. The fourth-order valence-corrected chi connectivity index (χ4v) is 1.75. The van der Waals surface area contributed by atoms with Crippen LogP contribution in [0.2, 0.25) is 0 Å². The molecule has 0 amide bonds. The maximum atomic E-state index is 11.1. The minimum Gasteiger partial charge on any atom is -0.379 e. The van der Waals surface area contributed by atoms with Crippen LogP contribution in [0.4, 0.5) is 7.77 Å². The van der Waals surface area contributed by atoms with Gasteiger partial charge in [0.15, 0.2) is 0 Å². The Balaban J connectivity index is 0.000000302. The van der Waals surface area contributed by atoms with Crippen molar-refractivity contribution in [1.82, 2.24) is 9.80 Å². The number of hydrogen-bond acceptors (Lipinski definition) is 6. The molecule has 11 heteroatoms. The van der Waals surface area contributed by atoms with Crippen molar-refractivity contribution in [3.8, 4) is 0 Å². The zero-order valence-electron chi connectivity index (χ0n) is 9.12. The first-order chi connectivity index (χ1) is 7.53. The second-order valence-corrected chi connectivity index (χ2v) is 5.25. The molecule has 0 aromatic heterocycles. The van der Waals surface area contributed by atoms with Crippen LogP contribution in [0, 0.1) is 0 Å². The van der Waals surface area contributed by atoms with Gasteiger partial charge in [0, 0.05) is 26.0 Å². The first-order valence-electron chi connectivity index (χ1n) is 4.29. The van der Waals surface area contributed by atoms with E-state index in [1.807, 2.05) is 0 Å². The standard InChI is InChI=1S/C6H12N2.F2NO4S2/c1-3-8-5-4-7(2)6-8;1-8(4,5)3-9(2,6)7/h4-5H,3,6H2,1-2H3;/q;-1. The maximum Gasteiger partial charge on any atom is 0.241 e. The van der Waals surface area contributed by atoms with E-state index in [1.165, 1.54) is 0 Å². The van der Waals surface area contributed by atoms with E-state index in [2.05, 4.69) is 36.2 Å². The lowest BCUT2D eigenvalue weighted by atomic mass is 10.6. The van der Waals surface area contributed by atoms with Gasteiger partial charge in [0.2, 0.25) is 20.8 Å². The highest BCUT2D eigenvalue weighted by atomic mass is 32.3. The molecule has 17 heavy (non-hydrogen) atoms. The molecule has 0 saturated carbocycles. The van der Waals surface area contributed by atoms with Crippen LogP contribution >= 0.6 is 0 Å². The van der Waals surface area contributed by atoms with Gasteiger partial charge in [-0.05, 0) is 6.92 Å². The van der Waals surface area contributed by atoms with Gasteiger partial charge in [-0.1, -0.05) is 0 Å². The molecule has 1 heterocycles. The van der Waals surface area contributed by atoms with Crippen LogP contribution in [-0.2, 0) is 20.8 Å². The Kier molecular flexibility index (Phi) is 5.78. The van der Waals surface area contributed by atoms with E-state index in [-0.39, 0.29) is 0 Å². The van der Waals surface area contributed by atoms with Gasteiger partial charge in [0.05, 0.1) is 6.67 Å². The third-order valence-electron chi connectivity index (χ3n) is 1.52. The summed E-state index contributed by atoms with van der Waals surface area (Å²) in [4.78, 5) is 4.41. The summed E-state index contributed by atoms with van der Waals surface area (Å²) in [7, 11) is -9.16. The van der Waals surface area contributed by atoms with E-state index in [1.54, 1.807) is 0 Å². The summed E-state index contributed by atoms with van der Waals surface area (Å²) in [6, 6.07) is 0. The molecule has 0 saturated heterocycles. The predicted molar refractivity (Wildman–Crippen MR) is 57.6 cm³/mol.